The van der Waals surface area contributed by atoms with Crippen LogP contribution in [0.1, 0.15) is 42.3 Å². The number of hydrogen-bond donors (Lipinski definition) is 2. The number of carbonyl (C=O) groups excluding carboxylic acids is 1. The molecule has 0 spiro atoms. The lowest BCUT2D eigenvalue weighted by atomic mass is 9.87. The summed E-state index contributed by atoms with van der Waals surface area (Å²) in [5.41, 5.74) is 3.46. The van der Waals surface area contributed by atoms with Crippen molar-refractivity contribution in [3.63, 3.8) is 0 Å². The summed E-state index contributed by atoms with van der Waals surface area (Å²) < 4.78 is 5.86. The van der Waals surface area contributed by atoms with Crippen molar-refractivity contribution in [2.45, 2.75) is 32.8 Å². The molecule has 164 valence electrons. The molecular weight excluding hydrogens is 445 g/mol. The molecule has 3 aromatic carbocycles. The van der Waals surface area contributed by atoms with Crippen LogP contribution in [0, 0.1) is 0 Å². The third-order valence-corrected chi connectivity index (χ3v) is 5.91. The van der Waals surface area contributed by atoms with Crippen molar-refractivity contribution in [3.8, 4) is 5.75 Å². The first-order valence-corrected chi connectivity index (χ1v) is 10.9. The number of rotatable bonds is 5. The minimum atomic E-state index is -0.209. The number of benzene rings is 3. The molecular formula is C25H23Cl2N3O2. The monoisotopic (exact) mass is 467 g/mol. The zero-order valence-electron chi connectivity index (χ0n) is 18.0. The van der Waals surface area contributed by atoms with Crippen molar-refractivity contribution >= 4 is 45.8 Å². The molecule has 0 aliphatic carbocycles. The summed E-state index contributed by atoms with van der Waals surface area (Å²) in [6.07, 6.45) is 0. The molecule has 0 unspecified atom stereocenters. The van der Waals surface area contributed by atoms with E-state index < -0.39 is 0 Å². The van der Waals surface area contributed by atoms with Gasteiger partial charge >= 0.3 is 0 Å². The van der Waals surface area contributed by atoms with Gasteiger partial charge < -0.3 is 10.1 Å². The molecule has 7 heteroatoms. The average Bonchev–Trinajstić information content (AvgIpc) is 3.16. The number of carbonyl (C=O) groups is 1. The molecule has 1 aromatic heterocycles. The number of ether oxygens (including phenoxy) is 1. The molecule has 0 aliphatic rings. The van der Waals surface area contributed by atoms with Crippen LogP contribution in [-0.2, 0) is 12.0 Å². The number of halogens is 2. The number of aromatic nitrogens is 2. The second-order valence-corrected chi connectivity index (χ2v) is 9.41. The minimum Gasteiger partial charge on any atom is -0.489 e. The largest absolute Gasteiger partial charge is 0.489 e. The van der Waals surface area contributed by atoms with E-state index in [1.54, 1.807) is 12.1 Å². The molecule has 0 saturated carbocycles. The average molecular weight is 468 g/mol. The van der Waals surface area contributed by atoms with Gasteiger partial charge in [-0.2, -0.15) is 5.10 Å². The van der Waals surface area contributed by atoms with Crippen LogP contribution in [0.4, 0.5) is 5.82 Å². The van der Waals surface area contributed by atoms with Gasteiger partial charge in [0, 0.05) is 17.0 Å². The zero-order chi connectivity index (χ0) is 22.9. The minimum absolute atomic E-state index is 0.0347. The van der Waals surface area contributed by atoms with Crippen LogP contribution in [0.3, 0.4) is 0 Å². The number of fused-ring (bicyclic) bond motifs is 1. The summed E-state index contributed by atoms with van der Waals surface area (Å²) in [5, 5.41) is 11.9. The Morgan fingerprint density at radius 3 is 2.44 bits per heavy atom. The van der Waals surface area contributed by atoms with Crippen LogP contribution in [-0.4, -0.2) is 16.1 Å². The van der Waals surface area contributed by atoms with Gasteiger partial charge in [0.15, 0.2) is 5.82 Å². The first-order valence-electron chi connectivity index (χ1n) is 10.2. The van der Waals surface area contributed by atoms with Gasteiger partial charge in [0.05, 0.1) is 15.6 Å². The summed E-state index contributed by atoms with van der Waals surface area (Å²) in [5.74, 6) is 0.933. The molecule has 0 radical (unpaired) electrons. The predicted octanol–water partition coefficient (Wildman–Crippen LogP) is 7.00. The highest BCUT2D eigenvalue weighted by molar-refractivity contribution is 6.42. The van der Waals surface area contributed by atoms with Crippen LogP contribution < -0.4 is 10.1 Å². The Morgan fingerprint density at radius 2 is 1.75 bits per heavy atom. The van der Waals surface area contributed by atoms with Gasteiger partial charge in [-0.25, -0.2) is 0 Å². The molecule has 2 N–H and O–H groups in total. The molecule has 0 fully saturated rings. The molecule has 5 nitrogen and oxygen atoms in total. The second kappa shape index (κ2) is 8.85. The van der Waals surface area contributed by atoms with Crippen LogP contribution in [0.5, 0.6) is 5.75 Å². The standard InChI is InChI=1S/C25H23Cl2N3O2/c1-25(2,3)17-7-5-16(6-8-17)24(31)28-23-19-10-9-18(13-22(19)29-30-23)32-14-15-4-11-20(26)21(27)12-15/h4-13H,14H2,1-3H3,(H2,28,29,30,31). The highest BCUT2D eigenvalue weighted by atomic mass is 35.5. The number of amides is 1. The van der Waals surface area contributed by atoms with Crippen molar-refractivity contribution < 1.29 is 9.53 Å². The summed E-state index contributed by atoms with van der Waals surface area (Å²) in [4.78, 5) is 12.7. The van der Waals surface area contributed by atoms with Crippen LogP contribution in [0.15, 0.2) is 60.7 Å². The lowest BCUT2D eigenvalue weighted by molar-refractivity contribution is 0.102. The topological polar surface area (TPSA) is 67.0 Å². The summed E-state index contributed by atoms with van der Waals surface area (Å²) in [6, 6.07) is 18.6. The Labute approximate surface area is 196 Å². The molecule has 32 heavy (non-hydrogen) atoms. The molecule has 0 atom stereocenters. The Hall–Kier alpha value is -3.02. The third-order valence-electron chi connectivity index (χ3n) is 5.17. The maximum absolute atomic E-state index is 12.7. The Kier molecular flexibility index (Phi) is 6.13. The normalized spacial score (nSPS) is 11.5. The fraction of sp³-hybridized carbons (Fsp3) is 0.200. The van der Waals surface area contributed by atoms with Crippen LogP contribution in [0.25, 0.3) is 10.9 Å². The highest BCUT2D eigenvalue weighted by Gasteiger charge is 2.16. The van der Waals surface area contributed by atoms with Gasteiger partial charge in [-0.1, -0.05) is 62.2 Å². The van der Waals surface area contributed by atoms with Gasteiger partial charge in [0.1, 0.15) is 12.4 Å². The Balaban J connectivity index is 1.45. The van der Waals surface area contributed by atoms with Gasteiger partial charge in [-0.05, 0) is 52.9 Å². The van der Waals surface area contributed by atoms with Gasteiger partial charge in [-0.3, -0.25) is 9.89 Å². The van der Waals surface area contributed by atoms with E-state index in [1.807, 2.05) is 48.5 Å². The lowest BCUT2D eigenvalue weighted by Crippen LogP contribution is -2.14. The fourth-order valence-electron chi connectivity index (χ4n) is 3.28. The molecule has 4 aromatic rings. The molecule has 1 amide bonds. The summed E-state index contributed by atoms with van der Waals surface area (Å²) in [6.45, 7) is 6.77. The van der Waals surface area contributed by atoms with Crippen molar-refractivity contribution in [3.05, 3.63) is 87.4 Å². The first-order chi connectivity index (χ1) is 15.2. The fourth-order valence-corrected chi connectivity index (χ4v) is 3.60. The van der Waals surface area contributed by atoms with Crippen molar-refractivity contribution in [1.82, 2.24) is 10.2 Å². The van der Waals surface area contributed by atoms with E-state index in [9.17, 15) is 4.79 Å². The molecule has 0 saturated heterocycles. The van der Waals surface area contributed by atoms with E-state index in [2.05, 4.69) is 36.3 Å². The maximum Gasteiger partial charge on any atom is 0.256 e. The molecule has 0 aliphatic heterocycles. The summed E-state index contributed by atoms with van der Waals surface area (Å²) >= 11 is 12.0. The van der Waals surface area contributed by atoms with E-state index in [-0.39, 0.29) is 11.3 Å². The number of H-pyrrole nitrogens is 1. The third kappa shape index (κ3) is 4.90. The first kappa shape index (κ1) is 22.2. The van der Waals surface area contributed by atoms with Crippen molar-refractivity contribution in [1.29, 1.82) is 0 Å². The van der Waals surface area contributed by atoms with Gasteiger partial charge in [0.2, 0.25) is 0 Å². The number of anilines is 1. The Morgan fingerprint density at radius 1 is 1.00 bits per heavy atom. The van der Waals surface area contributed by atoms with Crippen LogP contribution >= 0.6 is 23.2 Å². The SMILES string of the molecule is CC(C)(C)c1ccc(C(=O)Nc2n[nH]c3cc(OCc4ccc(Cl)c(Cl)c4)ccc23)cc1. The molecule has 0 bridgehead atoms. The van der Waals surface area contributed by atoms with E-state index in [0.29, 0.717) is 33.8 Å². The predicted molar refractivity (Wildman–Crippen MR) is 130 cm³/mol. The highest BCUT2D eigenvalue weighted by Crippen LogP contribution is 2.27. The zero-order valence-corrected chi connectivity index (χ0v) is 19.5. The van der Waals surface area contributed by atoms with Gasteiger partial charge in [-0.15, -0.1) is 0 Å². The lowest BCUT2D eigenvalue weighted by Gasteiger charge is -2.18. The second-order valence-electron chi connectivity index (χ2n) is 8.60. The Bertz CT molecular complexity index is 1270. The number of nitrogens with one attached hydrogen (secondary N) is 2. The van der Waals surface area contributed by atoms with E-state index in [1.165, 1.54) is 5.56 Å². The van der Waals surface area contributed by atoms with E-state index >= 15 is 0 Å². The summed E-state index contributed by atoms with van der Waals surface area (Å²) in [7, 11) is 0. The molecule has 4 rings (SSSR count). The van der Waals surface area contributed by atoms with Crippen molar-refractivity contribution in [2.75, 3.05) is 5.32 Å². The maximum atomic E-state index is 12.7. The number of hydrogen-bond acceptors (Lipinski definition) is 3. The number of aromatic amines is 1. The molecule has 1 heterocycles. The van der Waals surface area contributed by atoms with Crippen LogP contribution in [0.2, 0.25) is 10.0 Å². The van der Waals surface area contributed by atoms with Crippen molar-refractivity contribution in [2.24, 2.45) is 0 Å². The van der Waals surface area contributed by atoms with Gasteiger partial charge in [0.25, 0.3) is 5.91 Å². The van der Waals surface area contributed by atoms with E-state index in [4.69, 9.17) is 27.9 Å². The smallest absolute Gasteiger partial charge is 0.256 e. The van der Waals surface area contributed by atoms with E-state index in [0.717, 1.165) is 16.5 Å². The number of nitrogens with zero attached hydrogens (tertiary/aromatic N) is 1. The quantitative estimate of drug-likeness (QED) is 0.332.